The van der Waals surface area contributed by atoms with Crippen molar-refractivity contribution in [2.45, 2.75) is 52.0 Å². The van der Waals surface area contributed by atoms with Crippen LogP contribution in [0.2, 0.25) is 0 Å². The van der Waals surface area contributed by atoms with Gasteiger partial charge in [0, 0.05) is 12.6 Å². The molecule has 0 aromatic heterocycles. The van der Waals surface area contributed by atoms with Gasteiger partial charge in [-0.25, -0.2) is 0 Å². The minimum Gasteiger partial charge on any atom is -0.353 e. The number of nitrogens with one attached hydrogen (secondary N) is 1. The molecule has 3 N–H and O–H groups in total. The van der Waals surface area contributed by atoms with E-state index in [1.165, 1.54) is 0 Å². The van der Waals surface area contributed by atoms with E-state index in [2.05, 4.69) is 19.2 Å². The number of rotatable bonds is 5. The van der Waals surface area contributed by atoms with E-state index in [9.17, 15) is 4.79 Å². The van der Waals surface area contributed by atoms with E-state index >= 15 is 0 Å². The van der Waals surface area contributed by atoms with Crippen LogP contribution in [0.3, 0.4) is 0 Å². The Morgan fingerprint density at radius 3 is 2.29 bits per heavy atom. The van der Waals surface area contributed by atoms with Gasteiger partial charge >= 0.3 is 0 Å². The summed E-state index contributed by atoms with van der Waals surface area (Å²) in [7, 11) is 0. The van der Waals surface area contributed by atoms with Crippen molar-refractivity contribution in [2.24, 2.45) is 11.1 Å². The Bertz CT molecular complexity index is 190. The highest BCUT2D eigenvalue weighted by atomic mass is 16.2. The molecule has 0 aliphatic heterocycles. The van der Waals surface area contributed by atoms with Gasteiger partial charge in [0.2, 0.25) is 5.91 Å². The van der Waals surface area contributed by atoms with E-state index < -0.39 is 0 Å². The van der Waals surface area contributed by atoms with Crippen molar-refractivity contribution in [2.75, 3.05) is 6.54 Å². The average Bonchev–Trinajstić information content (AvgIpc) is 2.13. The van der Waals surface area contributed by atoms with E-state index in [-0.39, 0.29) is 11.3 Å². The molecule has 0 unspecified atom stereocenters. The lowest BCUT2D eigenvalue weighted by Crippen LogP contribution is -2.52. The molecular weight excluding hydrogens is 176 g/mol. The highest BCUT2D eigenvalue weighted by Gasteiger charge is 2.43. The summed E-state index contributed by atoms with van der Waals surface area (Å²) in [6.07, 6.45) is 5.09. The van der Waals surface area contributed by atoms with E-state index in [1.54, 1.807) is 0 Å². The maximum Gasteiger partial charge on any atom is 0.227 e. The third-order valence-electron chi connectivity index (χ3n) is 3.50. The lowest BCUT2D eigenvalue weighted by molar-refractivity contribution is -0.136. The van der Waals surface area contributed by atoms with E-state index in [0.717, 1.165) is 32.1 Å². The Hall–Kier alpha value is -0.570. The molecule has 0 aromatic carbocycles. The summed E-state index contributed by atoms with van der Waals surface area (Å²) in [6, 6.07) is 0.325. The van der Waals surface area contributed by atoms with E-state index in [4.69, 9.17) is 5.73 Å². The van der Waals surface area contributed by atoms with Gasteiger partial charge in [-0.15, -0.1) is 0 Å². The summed E-state index contributed by atoms with van der Waals surface area (Å²) in [5.74, 6) is 0.181. The lowest BCUT2D eigenvalue weighted by Gasteiger charge is -2.40. The number of hydrogen-bond donors (Lipinski definition) is 2. The molecular formula is C11H22N2O. The zero-order valence-corrected chi connectivity index (χ0v) is 9.31. The van der Waals surface area contributed by atoms with Crippen molar-refractivity contribution in [1.29, 1.82) is 0 Å². The quantitative estimate of drug-likeness (QED) is 0.702. The second-order valence-electron chi connectivity index (χ2n) is 4.32. The van der Waals surface area contributed by atoms with Crippen molar-refractivity contribution in [3.8, 4) is 0 Å². The molecule has 82 valence electrons. The Morgan fingerprint density at radius 2 is 2.00 bits per heavy atom. The summed E-state index contributed by atoms with van der Waals surface area (Å²) < 4.78 is 0. The Kier molecular flexibility index (Phi) is 3.93. The summed E-state index contributed by atoms with van der Waals surface area (Å²) >= 11 is 0. The number of carbonyl (C=O) groups excluding carboxylic acids is 1. The summed E-state index contributed by atoms with van der Waals surface area (Å²) in [6.45, 7) is 4.70. The van der Waals surface area contributed by atoms with Crippen molar-refractivity contribution < 1.29 is 4.79 Å². The zero-order chi connectivity index (χ0) is 10.6. The van der Waals surface area contributed by atoms with E-state index in [0.29, 0.717) is 12.6 Å². The highest BCUT2D eigenvalue weighted by Crippen LogP contribution is 2.40. The van der Waals surface area contributed by atoms with E-state index in [1.807, 2.05) is 0 Å². The second kappa shape index (κ2) is 4.78. The van der Waals surface area contributed by atoms with Gasteiger partial charge in [0.05, 0.1) is 5.41 Å². The standard InChI is InChI=1S/C11H22N2O/c1-3-9(4-2)13-10(14)11(8-12)6-5-7-11/h9H,3-8,12H2,1-2H3,(H,13,14). The molecule has 0 heterocycles. The Labute approximate surface area is 86.4 Å². The van der Waals surface area contributed by atoms with Gasteiger partial charge in [-0.3, -0.25) is 4.79 Å². The molecule has 3 heteroatoms. The van der Waals surface area contributed by atoms with Crippen molar-refractivity contribution in [3.63, 3.8) is 0 Å². The largest absolute Gasteiger partial charge is 0.353 e. The van der Waals surface area contributed by atoms with Crippen LogP contribution in [0.5, 0.6) is 0 Å². The van der Waals surface area contributed by atoms with Gasteiger partial charge in [-0.1, -0.05) is 20.3 Å². The molecule has 0 saturated heterocycles. The number of carbonyl (C=O) groups is 1. The molecule has 0 atom stereocenters. The topological polar surface area (TPSA) is 55.1 Å². The maximum atomic E-state index is 11.9. The normalized spacial score (nSPS) is 19.1. The van der Waals surface area contributed by atoms with Gasteiger partial charge in [-0.2, -0.15) is 0 Å². The molecule has 1 aliphatic carbocycles. The first-order valence-corrected chi connectivity index (χ1v) is 5.69. The summed E-state index contributed by atoms with van der Waals surface area (Å²) in [5.41, 5.74) is 5.45. The van der Waals surface area contributed by atoms with Crippen LogP contribution in [0.1, 0.15) is 46.0 Å². The lowest BCUT2D eigenvalue weighted by atomic mass is 9.68. The summed E-state index contributed by atoms with van der Waals surface area (Å²) in [4.78, 5) is 11.9. The molecule has 1 fully saturated rings. The van der Waals surface area contributed by atoms with Crippen LogP contribution in [-0.2, 0) is 4.79 Å². The van der Waals surface area contributed by atoms with Gasteiger partial charge in [0.25, 0.3) is 0 Å². The van der Waals surface area contributed by atoms with Gasteiger partial charge in [-0.05, 0) is 25.7 Å². The van der Waals surface area contributed by atoms with Gasteiger partial charge in [0.15, 0.2) is 0 Å². The minimum atomic E-state index is -0.220. The van der Waals surface area contributed by atoms with Crippen LogP contribution < -0.4 is 11.1 Å². The molecule has 1 amide bonds. The number of hydrogen-bond acceptors (Lipinski definition) is 2. The molecule has 0 radical (unpaired) electrons. The molecule has 1 saturated carbocycles. The molecule has 0 bridgehead atoms. The van der Waals surface area contributed by atoms with Crippen LogP contribution >= 0.6 is 0 Å². The summed E-state index contributed by atoms with van der Waals surface area (Å²) in [5, 5.41) is 3.09. The second-order valence-corrected chi connectivity index (χ2v) is 4.32. The number of nitrogens with two attached hydrogens (primary N) is 1. The van der Waals surface area contributed by atoms with Gasteiger partial charge in [0.1, 0.15) is 0 Å². The molecule has 14 heavy (non-hydrogen) atoms. The van der Waals surface area contributed by atoms with Crippen molar-refractivity contribution in [3.05, 3.63) is 0 Å². The smallest absolute Gasteiger partial charge is 0.227 e. The van der Waals surface area contributed by atoms with Crippen LogP contribution in [0, 0.1) is 5.41 Å². The maximum absolute atomic E-state index is 11.9. The Balaban J connectivity index is 2.47. The SMILES string of the molecule is CCC(CC)NC(=O)C1(CN)CCC1. The predicted molar refractivity (Wildman–Crippen MR) is 57.9 cm³/mol. The van der Waals surface area contributed by atoms with Crippen LogP contribution in [-0.4, -0.2) is 18.5 Å². The van der Waals surface area contributed by atoms with Crippen LogP contribution in [0.25, 0.3) is 0 Å². The molecule has 3 nitrogen and oxygen atoms in total. The fraction of sp³-hybridized carbons (Fsp3) is 0.909. The fourth-order valence-electron chi connectivity index (χ4n) is 1.96. The zero-order valence-electron chi connectivity index (χ0n) is 9.31. The fourth-order valence-corrected chi connectivity index (χ4v) is 1.96. The molecule has 0 aromatic rings. The predicted octanol–water partition coefficient (Wildman–Crippen LogP) is 1.42. The monoisotopic (exact) mass is 198 g/mol. The first-order valence-electron chi connectivity index (χ1n) is 5.69. The molecule has 1 rings (SSSR count). The third kappa shape index (κ3) is 2.08. The van der Waals surface area contributed by atoms with Crippen molar-refractivity contribution in [1.82, 2.24) is 5.32 Å². The highest BCUT2D eigenvalue weighted by molar-refractivity contribution is 5.84. The minimum absolute atomic E-state index is 0.181. The van der Waals surface area contributed by atoms with Crippen LogP contribution in [0.15, 0.2) is 0 Å². The van der Waals surface area contributed by atoms with Crippen LogP contribution in [0.4, 0.5) is 0 Å². The number of amides is 1. The first-order chi connectivity index (χ1) is 6.68. The van der Waals surface area contributed by atoms with Crippen molar-refractivity contribution >= 4 is 5.91 Å². The van der Waals surface area contributed by atoms with Gasteiger partial charge < -0.3 is 11.1 Å². The molecule has 0 spiro atoms. The molecule has 1 aliphatic rings. The first kappa shape index (κ1) is 11.5. The average molecular weight is 198 g/mol. The Morgan fingerprint density at radius 1 is 1.43 bits per heavy atom. The third-order valence-corrected chi connectivity index (χ3v) is 3.50.